The summed E-state index contributed by atoms with van der Waals surface area (Å²) in [6.45, 7) is 0.882. The highest BCUT2D eigenvalue weighted by Gasteiger charge is 2.52. The summed E-state index contributed by atoms with van der Waals surface area (Å²) in [4.78, 5) is 40.6. The largest absolute Gasteiger partial charge is 0.338 e. The van der Waals surface area contributed by atoms with Gasteiger partial charge in [0.15, 0.2) is 0 Å². The number of fused-ring (bicyclic) bond motifs is 1. The van der Waals surface area contributed by atoms with Gasteiger partial charge in [-0.3, -0.25) is 19.3 Å². The number of likely N-dealkylation sites (tertiary alicyclic amines) is 2. The average Bonchev–Trinajstić information content (AvgIpc) is 2.91. The van der Waals surface area contributed by atoms with Crippen LogP contribution in [0, 0.1) is 23.2 Å². The number of rotatable bonds is 4. The Morgan fingerprint density at radius 3 is 2.19 bits per heavy atom. The number of benzene rings is 1. The van der Waals surface area contributed by atoms with Gasteiger partial charge in [-0.2, -0.15) is 5.26 Å². The monoisotopic (exact) mass is 363 g/mol. The fourth-order valence-corrected chi connectivity index (χ4v) is 4.16. The minimum absolute atomic E-state index is 0.0359. The molecule has 2 saturated heterocycles. The lowest BCUT2D eigenvalue weighted by atomic mass is 9.85. The quantitative estimate of drug-likeness (QED) is 0.602. The van der Waals surface area contributed by atoms with Crippen LogP contribution >= 0.6 is 0 Å². The van der Waals surface area contributed by atoms with E-state index in [1.807, 2.05) is 24.3 Å². The van der Waals surface area contributed by atoms with Gasteiger partial charge < -0.3 is 4.90 Å². The summed E-state index contributed by atoms with van der Waals surface area (Å²) >= 11 is 0. The fourth-order valence-electron chi connectivity index (χ4n) is 4.16. The molecule has 3 aliphatic rings. The topological polar surface area (TPSA) is 81.5 Å². The Hall–Kier alpha value is -2.94. The summed E-state index contributed by atoms with van der Waals surface area (Å²) in [5.74, 6) is -0.505. The molecule has 0 N–H and O–H groups in total. The van der Waals surface area contributed by atoms with Crippen LogP contribution in [0.15, 0.2) is 36.4 Å². The molecular weight excluding hydrogens is 342 g/mol. The second-order valence-electron chi connectivity index (χ2n) is 7.46. The molecule has 6 nitrogen and oxygen atoms in total. The number of imide groups is 1. The van der Waals surface area contributed by atoms with Crippen molar-refractivity contribution in [1.82, 2.24) is 9.80 Å². The predicted octanol–water partition coefficient (Wildman–Crippen LogP) is 1.65. The third kappa shape index (κ3) is 3.14. The first kappa shape index (κ1) is 17.5. The van der Waals surface area contributed by atoms with Gasteiger partial charge >= 0.3 is 0 Å². The molecule has 0 bridgehead atoms. The zero-order valence-electron chi connectivity index (χ0n) is 15.0. The lowest BCUT2D eigenvalue weighted by Crippen LogP contribution is -2.62. The molecule has 2 fully saturated rings. The van der Waals surface area contributed by atoms with Crippen LogP contribution in [0.3, 0.4) is 0 Å². The number of carbonyl (C=O) groups excluding carboxylic acids is 3. The molecule has 27 heavy (non-hydrogen) atoms. The van der Waals surface area contributed by atoms with Gasteiger partial charge in [0.05, 0.1) is 29.5 Å². The van der Waals surface area contributed by atoms with Gasteiger partial charge in [-0.25, -0.2) is 0 Å². The minimum Gasteiger partial charge on any atom is -0.338 e. The van der Waals surface area contributed by atoms with Crippen molar-refractivity contribution in [2.24, 2.45) is 11.8 Å². The molecule has 1 aromatic carbocycles. The molecule has 0 spiro atoms. The number of hydrogen-bond donors (Lipinski definition) is 0. The van der Waals surface area contributed by atoms with Crippen molar-refractivity contribution >= 4 is 17.7 Å². The Morgan fingerprint density at radius 1 is 1.04 bits per heavy atom. The van der Waals surface area contributed by atoms with Crippen LogP contribution in [-0.4, -0.2) is 46.7 Å². The fraction of sp³-hybridized carbons (Fsp3) is 0.429. The Kier molecular flexibility index (Phi) is 4.53. The molecule has 2 unspecified atom stereocenters. The van der Waals surface area contributed by atoms with Gasteiger partial charge in [-0.15, -0.1) is 0 Å². The highest BCUT2D eigenvalue weighted by Crippen LogP contribution is 2.37. The molecule has 2 atom stereocenters. The van der Waals surface area contributed by atoms with E-state index < -0.39 is 0 Å². The third-order valence-corrected chi connectivity index (χ3v) is 5.83. The summed E-state index contributed by atoms with van der Waals surface area (Å²) in [5, 5.41) is 8.81. The Morgan fingerprint density at radius 2 is 1.63 bits per heavy atom. The maximum absolute atomic E-state index is 12.6. The molecular formula is C21H21N3O3. The first-order valence-electron chi connectivity index (χ1n) is 9.37. The van der Waals surface area contributed by atoms with E-state index in [2.05, 4.69) is 6.07 Å². The molecule has 6 heteroatoms. The van der Waals surface area contributed by atoms with Crippen molar-refractivity contribution in [3.63, 3.8) is 0 Å². The number of amides is 3. The molecule has 0 aromatic heterocycles. The van der Waals surface area contributed by atoms with Crippen LogP contribution in [0.2, 0.25) is 0 Å². The number of nitriles is 1. The van der Waals surface area contributed by atoms with Crippen LogP contribution in [0.5, 0.6) is 0 Å². The van der Waals surface area contributed by atoms with E-state index in [-0.39, 0.29) is 35.6 Å². The average molecular weight is 363 g/mol. The van der Waals surface area contributed by atoms with E-state index in [9.17, 15) is 14.4 Å². The highest BCUT2D eigenvalue weighted by atomic mass is 16.2. The van der Waals surface area contributed by atoms with Crippen molar-refractivity contribution in [3.05, 3.63) is 47.5 Å². The lowest BCUT2D eigenvalue weighted by Gasteiger charge is -2.43. The minimum atomic E-state index is -0.205. The molecule has 3 amide bonds. The van der Waals surface area contributed by atoms with Gasteiger partial charge in [-0.1, -0.05) is 24.3 Å². The second-order valence-corrected chi connectivity index (χ2v) is 7.46. The molecule has 4 rings (SSSR count). The number of aryl methyl sites for hydroxylation is 1. The van der Waals surface area contributed by atoms with Gasteiger partial charge in [0.2, 0.25) is 17.7 Å². The normalized spacial score (nSPS) is 24.6. The first-order chi connectivity index (χ1) is 13.1. The zero-order chi connectivity index (χ0) is 19.0. The predicted molar refractivity (Wildman–Crippen MR) is 97.1 cm³/mol. The summed E-state index contributed by atoms with van der Waals surface area (Å²) in [6, 6.07) is 9.13. The summed E-state index contributed by atoms with van der Waals surface area (Å²) in [6.07, 6.45) is 6.25. The zero-order valence-corrected chi connectivity index (χ0v) is 15.0. The number of hydrogen-bond acceptors (Lipinski definition) is 4. The number of carbonyl (C=O) groups is 3. The van der Waals surface area contributed by atoms with Crippen LogP contribution in [0.25, 0.3) is 0 Å². The summed E-state index contributed by atoms with van der Waals surface area (Å²) < 4.78 is 0. The van der Waals surface area contributed by atoms with E-state index in [1.54, 1.807) is 17.0 Å². The maximum Gasteiger partial charge on any atom is 0.233 e. The van der Waals surface area contributed by atoms with Gasteiger partial charge in [0, 0.05) is 19.5 Å². The molecule has 0 saturated carbocycles. The first-order valence-corrected chi connectivity index (χ1v) is 9.37. The van der Waals surface area contributed by atoms with E-state index in [4.69, 9.17) is 5.26 Å². The van der Waals surface area contributed by atoms with E-state index in [0.717, 1.165) is 5.56 Å². The highest BCUT2D eigenvalue weighted by molar-refractivity contribution is 6.06. The van der Waals surface area contributed by atoms with Gasteiger partial charge in [-0.05, 0) is 37.0 Å². The van der Waals surface area contributed by atoms with Crippen molar-refractivity contribution in [2.45, 2.75) is 31.7 Å². The Labute approximate surface area is 158 Å². The molecule has 1 aliphatic carbocycles. The Balaban J connectivity index is 1.29. The Bertz CT molecular complexity index is 820. The smallest absolute Gasteiger partial charge is 0.233 e. The second kappa shape index (κ2) is 6.99. The van der Waals surface area contributed by atoms with E-state index >= 15 is 0 Å². The van der Waals surface area contributed by atoms with Crippen molar-refractivity contribution in [1.29, 1.82) is 5.26 Å². The van der Waals surface area contributed by atoms with E-state index in [1.165, 1.54) is 4.90 Å². The van der Waals surface area contributed by atoms with Crippen molar-refractivity contribution in [3.8, 4) is 6.07 Å². The van der Waals surface area contributed by atoms with Gasteiger partial charge in [0.1, 0.15) is 0 Å². The molecule has 0 radical (unpaired) electrons. The third-order valence-electron chi connectivity index (χ3n) is 5.83. The van der Waals surface area contributed by atoms with Gasteiger partial charge in [0.25, 0.3) is 0 Å². The van der Waals surface area contributed by atoms with Crippen LogP contribution in [0.4, 0.5) is 0 Å². The molecule has 2 aliphatic heterocycles. The SMILES string of the molecule is N#Cc1ccc(CCC(=O)N2CC(N3C(=O)C4CC=CCC4C3=O)C2)cc1. The standard InChI is InChI=1S/C21H21N3O3/c22-11-15-7-5-14(6-8-15)9-10-19(25)23-12-16(13-23)24-20(26)17-3-1-2-4-18(17)21(24)27/h1-2,5-8,16-18H,3-4,9-10,12-13H2. The number of nitrogens with zero attached hydrogens (tertiary/aromatic N) is 3. The number of allylic oxidation sites excluding steroid dienone is 2. The molecule has 138 valence electrons. The maximum atomic E-state index is 12.6. The molecule has 2 heterocycles. The van der Waals surface area contributed by atoms with Crippen LogP contribution < -0.4 is 0 Å². The van der Waals surface area contributed by atoms with Crippen molar-refractivity contribution in [2.75, 3.05) is 13.1 Å². The molecule has 1 aromatic rings. The summed E-state index contributed by atoms with van der Waals surface area (Å²) in [7, 11) is 0. The van der Waals surface area contributed by atoms with Crippen molar-refractivity contribution < 1.29 is 14.4 Å². The van der Waals surface area contributed by atoms with Crippen LogP contribution in [0.1, 0.15) is 30.4 Å². The van der Waals surface area contributed by atoms with Crippen LogP contribution in [-0.2, 0) is 20.8 Å². The summed E-state index contributed by atoms with van der Waals surface area (Å²) in [5.41, 5.74) is 1.62. The van der Waals surface area contributed by atoms with E-state index in [0.29, 0.717) is 44.3 Å². The lowest BCUT2D eigenvalue weighted by molar-refractivity contribution is -0.152.